The molecule has 76 valence electrons. The van der Waals surface area contributed by atoms with Crippen molar-refractivity contribution >= 4 is 23.1 Å². The number of carbonyl (C=O) groups is 1. The third-order valence-electron chi connectivity index (χ3n) is 1.88. The van der Waals surface area contributed by atoms with E-state index in [4.69, 9.17) is 17.3 Å². The van der Waals surface area contributed by atoms with Crippen LogP contribution in [0.5, 0.6) is 0 Å². The maximum atomic E-state index is 13.1. The predicted molar refractivity (Wildman–Crippen MR) is 55.0 cm³/mol. The standard InChI is InChI=1S/C10H11ClFNO/c1-5(2)10(14)7-3-6(11)4-8(12)9(7)13/h3-5H,13H2,1-2H3. The Kier molecular flexibility index (Phi) is 3.11. The molecule has 1 aromatic carbocycles. The molecule has 0 bridgehead atoms. The van der Waals surface area contributed by atoms with Crippen molar-refractivity contribution in [1.82, 2.24) is 0 Å². The van der Waals surface area contributed by atoms with E-state index in [1.54, 1.807) is 13.8 Å². The molecule has 2 N–H and O–H groups in total. The van der Waals surface area contributed by atoms with Crippen LogP contribution in [0.1, 0.15) is 24.2 Å². The first kappa shape index (κ1) is 11.0. The highest BCUT2D eigenvalue weighted by Crippen LogP contribution is 2.24. The molecule has 2 nitrogen and oxygen atoms in total. The molecular weight excluding hydrogens is 205 g/mol. The van der Waals surface area contributed by atoms with Crippen molar-refractivity contribution in [3.8, 4) is 0 Å². The molecule has 0 unspecified atom stereocenters. The minimum absolute atomic E-state index is 0.131. The van der Waals surface area contributed by atoms with Gasteiger partial charge in [0, 0.05) is 16.5 Å². The molecule has 0 radical (unpaired) electrons. The van der Waals surface area contributed by atoms with Gasteiger partial charge in [-0.05, 0) is 12.1 Å². The molecule has 0 saturated carbocycles. The lowest BCUT2D eigenvalue weighted by Crippen LogP contribution is -2.11. The molecule has 14 heavy (non-hydrogen) atoms. The second-order valence-corrected chi connectivity index (χ2v) is 3.80. The Labute approximate surface area is 86.9 Å². The van der Waals surface area contributed by atoms with Crippen LogP contribution in [0.15, 0.2) is 12.1 Å². The van der Waals surface area contributed by atoms with Gasteiger partial charge in [-0.1, -0.05) is 25.4 Å². The van der Waals surface area contributed by atoms with Gasteiger partial charge >= 0.3 is 0 Å². The zero-order chi connectivity index (χ0) is 10.9. The van der Waals surface area contributed by atoms with Crippen molar-refractivity contribution in [3.63, 3.8) is 0 Å². The summed E-state index contributed by atoms with van der Waals surface area (Å²) in [4.78, 5) is 11.6. The van der Waals surface area contributed by atoms with E-state index < -0.39 is 5.82 Å². The lowest BCUT2D eigenvalue weighted by Gasteiger charge is -2.08. The number of halogens is 2. The zero-order valence-electron chi connectivity index (χ0n) is 7.97. The fourth-order valence-corrected chi connectivity index (χ4v) is 1.30. The summed E-state index contributed by atoms with van der Waals surface area (Å²) in [5.41, 5.74) is 5.46. The van der Waals surface area contributed by atoms with Crippen LogP contribution in [0.2, 0.25) is 5.02 Å². The summed E-state index contributed by atoms with van der Waals surface area (Å²) < 4.78 is 13.1. The molecule has 0 fully saturated rings. The highest BCUT2D eigenvalue weighted by molar-refractivity contribution is 6.31. The van der Waals surface area contributed by atoms with Gasteiger partial charge in [-0.2, -0.15) is 0 Å². The summed E-state index contributed by atoms with van der Waals surface area (Å²) >= 11 is 5.62. The van der Waals surface area contributed by atoms with E-state index in [-0.39, 0.29) is 28.0 Å². The summed E-state index contributed by atoms with van der Waals surface area (Å²) in [7, 11) is 0. The van der Waals surface area contributed by atoms with E-state index in [0.717, 1.165) is 6.07 Å². The van der Waals surface area contributed by atoms with Gasteiger partial charge in [0.2, 0.25) is 0 Å². The third kappa shape index (κ3) is 2.04. The number of Topliss-reactive ketones (excluding diaryl/α,β-unsaturated/α-hetero) is 1. The average Bonchev–Trinajstić information content (AvgIpc) is 2.09. The summed E-state index contributed by atoms with van der Waals surface area (Å²) in [6, 6.07) is 2.48. The van der Waals surface area contributed by atoms with Gasteiger partial charge in [-0.25, -0.2) is 4.39 Å². The first-order chi connectivity index (χ1) is 6.43. The average molecular weight is 216 g/mol. The summed E-state index contributed by atoms with van der Waals surface area (Å²) in [5, 5.41) is 0.181. The Morgan fingerprint density at radius 3 is 2.57 bits per heavy atom. The minimum Gasteiger partial charge on any atom is -0.396 e. The smallest absolute Gasteiger partial charge is 0.167 e. The van der Waals surface area contributed by atoms with E-state index in [2.05, 4.69) is 0 Å². The Balaban J connectivity index is 3.27. The maximum Gasteiger partial charge on any atom is 0.167 e. The molecule has 0 saturated heterocycles. The quantitative estimate of drug-likeness (QED) is 0.609. The monoisotopic (exact) mass is 215 g/mol. The van der Waals surface area contributed by atoms with Crippen LogP contribution in [0.3, 0.4) is 0 Å². The Morgan fingerprint density at radius 1 is 1.50 bits per heavy atom. The van der Waals surface area contributed by atoms with Gasteiger partial charge in [-0.15, -0.1) is 0 Å². The number of ketones is 1. The van der Waals surface area contributed by atoms with Gasteiger partial charge in [0.05, 0.1) is 5.69 Å². The van der Waals surface area contributed by atoms with Crippen molar-refractivity contribution in [2.75, 3.05) is 5.73 Å². The van der Waals surface area contributed by atoms with Crippen molar-refractivity contribution < 1.29 is 9.18 Å². The number of carbonyl (C=O) groups excluding carboxylic acids is 1. The molecule has 0 aliphatic heterocycles. The molecule has 0 spiro atoms. The maximum absolute atomic E-state index is 13.1. The Morgan fingerprint density at radius 2 is 2.07 bits per heavy atom. The Hall–Kier alpha value is -1.09. The van der Waals surface area contributed by atoms with Gasteiger partial charge < -0.3 is 5.73 Å². The molecule has 0 aliphatic rings. The van der Waals surface area contributed by atoms with Crippen LogP contribution in [-0.4, -0.2) is 5.78 Å². The summed E-state index contributed by atoms with van der Waals surface area (Å²) in [6.07, 6.45) is 0. The fourth-order valence-electron chi connectivity index (χ4n) is 1.10. The SMILES string of the molecule is CC(C)C(=O)c1cc(Cl)cc(F)c1N. The first-order valence-corrected chi connectivity index (χ1v) is 4.60. The second kappa shape index (κ2) is 3.96. The van der Waals surface area contributed by atoms with Crippen LogP contribution < -0.4 is 5.73 Å². The van der Waals surface area contributed by atoms with E-state index in [0.29, 0.717) is 0 Å². The summed E-state index contributed by atoms with van der Waals surface area (Å²) in [5.74, 6) is -1.08. The van der Waals surface area contributed by atoms with E-state index in [1.807, 2.05) is 0 Å². The second-order valence-electron chi connectivity index (χ2n) is 3.37. The van der Waals surface area contributed by atoms with E-state index >= 15 is 0 Å². The molecule has 0 aliphatic carbocycles. The molecular formula is C10H11ClFNO. The highest BCUT2D eigenvalue weighted by atomic mass is 35.5. The summed E-state index contributed by atoms with van der Waals surface area (Å²) in [6.45, 7) is 3.45. The zero-order valence-corrected chi connectivity index (χ0v) is 8.73. The van der Waals surface area contributed by atoms with Gasteiger partial charge in [-0.3, -0.25) is 4.79 Å². The molecule has 1 aromatic rings. The van der Waals surface area contributed by atoms with Gasteiger partial charge in [0.1, 0.15) is 5.82 Å². The lowest BCUT2D eigenvalue weighted by molar-refractivity contribution is 0.0940. The number of hydrogen-bond donors (Lipinski definition) is 1. The van der Waals surface area contributed by atoms with Crippen LogP contribution in [0, 0.1) is 11.7 Å². The van der Waals surface area contributed by atoms with Crippen molar-refractivity contribution in [3.05, 3.63) is 28.5 Å². The number of benzene rings is 1. The van der Waals surface area contributed by atoms with Crippen molar-refractivity contribution in [2.45, 2.75) is 13.8 Å². The van der Waals surface area contributed by atoms with Crippen LogP contribution in [-0.2, 0) is 0 Å². The molecule has 0 aromatic heterocycles. The van der Waals surface area contributed by atoms with Crippen molar-refractivity contribution in [1.29, 1.82) is 0 Å². The van der Waals surface area contributed by atoms with Crippen LogP contribution in [0.4, 0.5) is 10.1 Å². The van der Waals surface area contributed by atoms with Gasteiger partial charge in [0.15, 0.2) is 5.78 Å². The topological polar surface area (TPSA) is 43.1 Å². The van der Waals surface area contributed by atoms with Crippen LogP contribution in [0.25, 0.3) is 0 Å². The molecule has 0 heterocycles. The van der Waals surface area contributed by atoms with Gasteiger partial charge in [0.25, 0.3) is 0 Å². The molecule has 0 amide bonds. The predicted octanol–water partition coefficient (Wildman–Crippen LogP) is 2.90. The lowest BCUT2D eigenvalue weighted by atomic mass is 9.99. The van der Waals surface area contributed by atoms with Crippen LogP contribution >= 0.6 is 11.6 Å². The number of nitrogen functional groups attached to an aromatic ring is 1. The number of anilines is 1. The van der Waals surface area contributed by atoms with Crippen molar-refractivity contribution in [2.24, 2.45) is 5.92 Å². The number of rotatable bonds is 2. The minimum atomic E-state index is -0.651. The number of nitrogens with two attached hydrogens (primary N) is 1. The Bertz CT molecular complexity index is 377. The fraction of sp³-hybridized carbons (Fsp3) is 0.300. The normalized spacial score (nSPS) is 10.6. The highest BCUT2D eigenvalue weighted by Gasteiger charge is 2.16. The molecule has 4 heteroatoms. The molecule has 1 rings (SSSR count). The number of hydrogen-bond acceptors (Lipinski definition) is 2. The van der Waals surface area contributed by atoms with E-state index in [9.17, 15) is 9.18 Å². The van der Waals surface area contributed by atoms with E-state index in [1.165, 1.54) is 6.07 Å². The third-order valence-corrected chi connectivity index (χ3v) is 2.10. The largest absolute Gasteiger partial charge is 0.396 e. The molecule has 0 atom stereocenters. The first-order valence-electron chi connectivity index (χ1n) is 4.22.